The molecule has 0 spiro atoms. The first-order chi connectivity index (χ1) is 13.7. The molecule has 0 aliphatic heterocycles. The third kappa shape index (κ3) is 3.39. The molecule has 0 unspecified atom stereocenters. The van der Waals surface area contributed by atoms with Crippen molar-refractivity contribution in [1.29, 1.82) is 0 Å². The second-order valence-electron chi connectivity index (χ2n) is 6.56. The number of hydrogen-bond acceptors (Lipinski definition) is 5. The predicted molar refractivity (Wildman–Crippen MR) is 114 cm³/mol. The lowest BCUT2D eigenvalue weighted by Gasteiger charge is -2.14. The number of fused-ring (bicyclic) bond motifs is 1. The molecule has 0 fully saturated rings. The van der Waals surface area contributed by atoms with Crippen LogP contribution in [0.3, 0.4) is 0 Å². The van der Waals surface area contributed by atoms with Crippen LogP contribution in [0, 0.1) is 6.92 Å². The fourth-order valence-corrected chi connectivity index (χ4v) is 3.27. The normalized spacial score (nSPS) is 10.8. The van der Waals surface area contributed by atoms with E-state index in [0.29, 0.717) is 12.4 Å². The molecule has 0 amide bonds. The Morgan fingerprint density at radius 1 is 0.964 bits per heavy atom. The van der Waals surface area contributed by atoms with E-state index in [-0.39, 0.29) is 0 Å². The minimum absolute atomic E-state index is 0.563. The highest BCUT2D eigenvalue weighted by molar-refractivity contribution is 5.97. The second kappa shape index (κ2) is 7.64. The number of pyridine rings is 1. The van der Waals surface area contributed by atoms with Crippen LogP contribution in [-0.2, 0) is 0 Å². The summed E-state index contributed by atoms with van der Waals surface area (Å²) in [5, 5.41) is 4.14. The van der Waals surface area contributed by atoms with Gasteiger partial charge in [-0.15, -0.1) is 0 Å². The standard InChI is InChI=1S/C23H22N4O/c1-4-28-20-13-18(16-8-5-7-15(2)11-16)12-19-21(20)26-22(27-23(19)24-3)17-9-6-10-25-14-17/h5-14H,4H2,1-3H3,(H,24,26,27). The van der Waals surface area contributed by atoms with Crippen LogP contribution in [0.4, 0.5) is 5.82 Å². The number of hydrogen-bond donors (Lipinski definition) is 1. The summed E-state index contributed by atoms with van der Waals surface area (Å²) in [5.41, 5.74) is 5.09. The van der Waals surface area contributed by atoms with Gasteiger partial charge in [-0.1, -0.05) is 29.8 Å². The zero-order valence-corrected chi connectivity index (χ0v) is 16.2. The van der Waals surface area contributed by atoms with E-state index in [0.717, 1.165) is 39.2 Å². The molecule has 2 aromatic heterocycles. The van der Waals surface area contributed by atoms with Crippen molar-refractivity contribution in [1.82, 2.24) is 15.0 Å². The summed E-state index contributed by atoms with van der Waals surface area (Å²) in [6.45, 7) is 4.64. The van der Waals surface area contributed by atoms with Gasteiger partial charge in [-0.25, -0.2) is 9.97 Å². The van der Waals surface area contributed by atoms with Gasteiger partial charge in [0.25, 0.3) is 0 Å². The Balaban J connectivity index is 1.98. The maximum absolute atomic E-state index is 5.97. The molecule has 5 heteroatoms. The lowest BCUT2D eigenvalue weighted by Crippen LogP contribution is -2.02. The molecule has 5 nitrogen and oxygen atoms in total. The molecule has 0 saturated heterocycles. The number of rotatable bonds is 5. The number of nitrogens with zero attached hydrogens (tertiary/aromatic N) is 3. The van der Waals surface area contributed by atoms with E-state index in [1.807, 2.05) is 26.1 Å². The number of anilines is 1. The summed E-state index contributed by atoms with van der Waals surface area (Å²) in [4.78, 5) is 13.7. The number of aryl methyl sites for hydroxylation is 1. The average Bonchev–Trinajstić information content (AvgIpc) is 2.73. The SMILES string of the molecule is CCOc1cc(-c2cccc(C)c2)cc2c(NC)nc(-c3cccnc3)nc12. The summed E-state index contributed by atoms with van der Waals surface area (Å²) in [6, 6.07) is 16.4. The first-order valence-electron chi connectivity index (χ1n) is 9.33. The van der Waals surface area contributed by atoms with Crippen molar-refractivity contribution >= 4 is 16.7 Å². The molecule has 0 bridgehead atoms. The first-order valence-corrected chi connectivity index (χ1v) is 9.33. The molecule has 2 heterocycles. The molecule has 140 valence electrons. The van der Waals surface area contributed by atoms with E-state index in [1.165, 1.54) is 5.56 Å². The molecule has 0 aliphatic rings. The fourth-order valence-electron chi connectivity index (χ4n) is 3.27. The predicted octanol–water partition coefficient (Wildman–Crippen LogP) is 5.11. The van der Waals surface area contributed by atoms with E-state index in [4.69, 9.17) is 14.7 Å². The zero-order chi connectivity index (χ0) is 19.5. The Labute approximate surface area is 164 Å². The summed E-state index contributed by atoms with van der Waals surface area (Å²) >= 11 is 0. The molecule has 4 rings (SSSR count). The second-order valence-corrected chi connectivity index (χ2v) is 6.56. The van der Waals surface area contributed by atoms with Crippen LogP contribution < -0.4 is 10.1 Å². The van der Waals surface area contributed by atoms with E-state index in [1.54, 1.807) is 12.4 Å². The summed E-state index contributed by atoms with van der Waals surface area (Å²) < 4.78 is 5.97. The highest BCUT2D eigenvalue weighted by Gasteiger charge is 2.15. The third-order valence-electron chi connectivity index (χ3n) is 4.57. The van der Waals surface area contributed by atoms with Crippen molar-refractivity contribution in [3.05, 3.63) is 66.5 Å². The number of nitrogens with one attached hydrogen (secondary N) is 1. The Kier molecular flexibility index (Phi) is 4.89. The topological polar surface area (TPSA) is 59.9 Å². The van der Waals surface area contributed by atoms with Crippen molar-refractivity contribution < 1.29 is 4.74 Å². The van der Waals surface area contributed by atoms with Crippen LogP contribution in [0.5, 0.6) is 5.75 Å². The Hall–Kier alpha value is -3.47. The van der Waals surface area contributed by atoms with E-state index in [2.05, 4.69) is 53.6 Å². The molecule has 28 heavy (non-hydrogen) atoms. The van der Waals surface area contributed by atoms with Gasteiger partial charge in [-0.3, -0.25) is 4.98 Å². The van der Waals surface area contributed by atoms with Crippen molar-refractivity contribution in [2.45, 2.75) is 13.8 Å². The average molecular weight is 370 g/mol. The van der Waals surface area contributed by atoms with Crippen LogP contribution in [0.1, 0.15) is 12.5 Å². The van der Waals surface area contributed by atoms with Crippen LogP contribution in [0.15, 0.2) is 60.9 Å². The molecule has 1 N–H and O–H groups in total. The lowest BCUT2D eigenvalue weighted by molar-refractivity contribution is 0.344. The summed E-state index contributed by atoms with van der Waals surface area (Å²) in [7, 11) is 1.87. The Bertz CT molecular complexity index is 1130. The monoisotopic (exact) mass is 370 g/mol. The number of ether oxygens (including phenoxy) is 1. The number of aromatic nitrogens is 3. The molecular formula is C23H22N4O. The van der Waals surface area contributed by atoms with Crippen molar-refractivity contribution in [2.24, 2.45) is 0 Å². The third-order valence-corrected chi connectivity index (χ3v) is 4.57. The molecule has 0 saturated carbocycles. The highest BCUT2D eigenvalue weighted by Crippen LogP contribution is 2.36. The van der Waals surface area contributed by atoms with Crippen LogP contribution in [0.25, 0.3) is 33.4 Å². The Morgan fingerprint density at radius 2 is 1.82 bits per heavy atom. The van der Waals surface area contributed by atoms with Crippen LogP contribution in [-0.4, -0.2) is 28.6 Å². The molecule has 0 radical (unpaired) electrons. The smallest absolute Gasteiger partial charge is 0.163 e. The molecule has 2 aromatic carbocycles. The van der Waals surface area contributed by atoms with Gasteiger partial charge < -0.3 is 10.1 Å². The van der Waals surface area contributed by atoms with Gasteiger partial charge in [0, 0.05) is 30.4 Å². The first kappa shape index (κ1) is 17.9. The van der Waals surface area contributed by atoms with Gasteiger partial charge in [-0.05, 0) is 49.2 Å². The van der Waals surface area contributed by atoms with Gasteiger partial charge >= 0.3 is 0 Å². The maximum Gasteiger partial charge on any atom is 0.163 e. The maximum atomic E-state index is 5.97. The van der Waals surface area contributed by atoms with Gasteiger partial charge in [-0.2, -0.15) is 0 Å². The summed E-state index contributed by atoms with van der Waals surface area (Å²) in [5.74, 6) is 2.13. The molecule has 4 aromatic rings. The van der Waals surface area contributed by atoms with Crippen LogP contribution >= 0.6 is 0 Å². The zero-order valence-electron chi connectivity index (χ0n) is 16.2. The minimum Gasteiger partial charge on any atom is -0.492 e. The van der Waals surface area contributed by atoms with E-state index >= 15 is 0 Å². The van der Waals surface area contributed by atoms with Gasteiger partial charge in [0.05, 0.1) is 6.61 Å². The highest BCUT2D eigenvalue weighted by atomic mass is 16.5. The summed E-state index contributed by atoms with van der Waals surface area (Å²) in [6.07, 6.45) is 3.51. The largest absolute Gasteiger partial charge is 0.492 e. The van der Waals surface area contributed by atoms with Crippen LogP contribution in [0.2, 0.25) is 0 Å². The van der Waals surface area contributed by atoms with Gasteiger partial charge in [0.15, 0.2) is 5.82 Å². The van der Waals surface area contributed by atoms with E-state index in [9.17, 15) is 0 Å². The fraction of sp³-hybridized carbons (Fsp3) is 0.174. The van der Waals surface area contributed by atoms with Crippen molar-refractivity contribution in [3.8, 4) is 28.3 Å². The van der Waals surface area contributed by atoms with Gasteiger partial charge in [0.2, 0.25) is 0 Å². The van der Waals surface area contributed by atoms with Crippen molar-refractivity contribution in [3.63, 3.8) is 0 Å². The van der Waals surface area contributed by atoms with Gasteiger partial charge in [0.1, 0.15) is 17.1 Å². The molecule has 0 aliphatic carbocycles. The molecule has 0 atom stereocenters. The van der Waals surface area contributed by atoms with E-state index < -0.39 is 0 Å². The number of benzene rings is 2. The minimum atomic E-state index is 0.563. The lowest BCUT2D eigenvalue weighted by atomic mass is 10.0. The van der Waals surface area contributed by atoms with Crippen molar-refractivity contribution in [2.75, 3.05) is 19.0 Å². The quantitative estimate of drug-likeness (QED) is 0.529. The Morgan fingerprint density at radius 3 is 2.54 bits per heavy atom. The molecular weight excluding hydrogens is 348 g/mol.